The van der Waals surface area contributed by atoms with Crippen LogP contribution in [0.3, 0.4) is 0 Å². The minimum Gasteiger partial charge on any atom is -0.490 e. The standard InChI is InChI=1S/C23H25N3O5S/c27-23(26-11-9-20-18(15-26)17-4-1-2-5-19(17)25-20)8-10-24-32(28,29)16-6-7-21-22(14-16)31-13-3-12-30-21/h1-2,4-7,14,24-25H,3,8-13,15H2. The van der Waals surface area contributed by atoms with Crippen molar-refractivity contribution in [3.05, 3.63) is 53.7 Å². The van der Waals surface area contributed by atoms with Crippen LogP contribution in [0.15, 0.2) is 47.4 Å². The number of carbonyl (C=O) groups is 1. The van der Waals surface area contributed by atoms with Crippen LogP contribution in [0.2, 0.25) is 0 Å². The molecule has 32 heavy (non-hydrogen) atoms. The number of amides is 1. The van der Waals surface area contributed by atoms with E-state index < -0.39 is 10.0 Å². The number of hydrogen-bond donors (Lipinski definition) is 2. The number of hydrogen-bond acceptors (Lipinski definition) is 5. The molecule has 0 spiro atoms. The summed E-state index contributed by atoms with van der Waals surface area (Å²) in [5, 5.41) is 1.13. The first-order valence-corrected chi connectivity index (χ1v) is 12.3. The second kappa shape index (κ2) is 8.48. The lowest BCUT2D eigenvalue weighted by molar-refractivity contribution is -0.131. The normalized spacial score (nSPS) is 15.9. The molecule has 8 nitrogen and oxygen atoms in total. The van der Waals surface area contributed by atoms with Crippen molar-refractivity contribution < 1.29 is 22.7 Å². The summed E-state index contributed by atoms with van der Waals surface area (Å²) in [4.78, 5) is 18.1. The zero-order chi connectivity index (χ0) is 22.1. The molecule has 1 aromatic heterocycles. The minimum atomic E-state index is -3.76. The average Bonchev–Trinajstić information content (AvgIpc) is 2.99. The van der Waals surface area contributed by atoms with Crippen LogP contribution in [0, 0.1) is 0 Å². The fraction of sp³-hybridized carbons (Fsp3) is 0.348. The van der Waals surface area contributed by atoms with Crippen LogP contribution in [0.1, 0.15) is 24.1 Å². The van der Waals surface area contributed by atoms with Crippen LogP contribution in [0.25, 0.3) is 10.9 Å². The van der Waals surface area contributed by atoms with E-state index in [1.165, 1.54) is 17.8 Å². The number of nitrogens with one attached hydrogen (secondary N) is 2. The first-order chi connectivity index (χ1) is 15.5. The van der Waals surface area contributed by atoms with E-state index in [2.05, 4.69) is 15.8 Å². The van der Waals surface area contributed by atoms with Crippen molar-refractivity contribution in [1.29, 1.82) is 0 Å². The van der Waals surface area contributed by atoms with Gasteiger partial charge >= 0.3 is 0 Å². The number of nitrogens with zero attached hydrogens (tertiary/aromatic N) is 1. The van der Waals surface area contributed by atoms with Crippen molar-refractivity contribution in [2.24, 2.45) is 0 Å². The van der Waals surface area contributed by atoms with Gasteiger partial charge in [0.1, 0.15) is 0 Å². The van der Waals surface area contributed by atoms with Crippen LogP contribution in [-0.2, 0) is 27.8 Å². The van der Waals surface area contributed by atoms with Gasteiger partial charge in [0.25, 0.3) is 0 Å². The van der Waals surface area contributed by atoms with E-state index in [0.717, 1.165) is 29.3 Å². The first kappa shape index (κ1) is 20.8. The number of fused-ring (bicyclic) bond motifs is 4. The van der Waals surface area contributed by atoms with Crippen LogP contribution in [0.4, 0.5) is 0 Å². The number of benzene rings is 2. The van der Waals surface area contributed by atoms with Crippen molar-refractivity contribution in [3.8, 4) is 11.5 Å². The third-order valence-corrected chi connectivity index (χ3v) is 7.35. The van der Waals surface area contributed by atoms with Crippen LogP contribution >= 0.6 is 0 Å². The molecule has 9 heteroatoms. The zero-order valence-corrected chi connectivity index (χ0v) is 18.4. The molecule has 2 aliphatic heterocycles. The lowest BCUT2D eigenvalue weighted by Gasteiger charge is -2.27. The topological polar surface area (TPSA) is 101 Å². The molecule has 0 saturated heterocycles. The highest BCUT2D eigenvalue weighted by atomic mass is 32.2. The molecule has 3 heterocycles. The van der Waals surface area contributed by atoms with E-state index in [0.29, 0.717) is 37.8 Å². The smallest absolute Gasteiger partial charge is 0.240 e. The number of aromatic nitrogens is 1. The molecule has 168 valence electrons. The summed E-state index contributed by atoms with van der Waals surface area (Å²) in [5.74, 6) is 0.893. The fourth-order valence-electron chi connectivity index (χ4n) is 4.22. The summed E-state index contributed by atoms with van der Waals surface area (Å²) in [7, 11) is -3.76. The van der Waals surface area contributed by atoms with Crippen molar-refractivity contribution in [2.75, 3.05) is 26.3 Å². The van der Waals surface area contributed by atoms with Crippen LogP contribution in [-0.4, -0.2) is 50.5 Å². The zero-order valence-electron chi connectivity index (χ0n) is 17.6. The number of rotatable bonds is 5. The van der Waals surface area contributed by atoms with Gasteiger partial charge in [-0.05, 0) is 18.2 Å². The van der Waals surface area contributed by atoms with Gasteiger partial charge in [0, 0.05) is 67.1 Å². The number of para-hydroxylation sites is 1. The second-order valence-corrected chi connectivity index (χ2v) is 9.77. The van der Waals surface area contributed by atoms with Gasteiger partial charge in [0.05, 0.1) is 18.1 Å². The minimum absolute atomic E-state index is 0.0346. The van der Waals surface area contributed by atoms with E-state index in [4.69, 9.17) is 9.47 Å². The third kappa shape index (κ3) is 4.05. The average molecular weight is 456 g/mol. The van der Waals surface area contributed by atoms with Gasteiger partial charge in [-0.15, -0.1) is 0 Å². The van der Waals surface area contributed by atoms with Crippen molar-refractivity contribution in [2.45, 2.75) is 30.7 Å². The van der Waals surface area contributed by atoms with E-state index in [-0.39, 0.29) is 23.8 Å². The number of carbonyl (C=O) groups excluding carboxylic acids is 1. The van der Waals surface area contributed by atoms with Crippen LogP contribution < -0.4 is 14.2 Å². The molecule has 0 atom stereocenters. The highest BCUT2D eigenvalue weighted by molar-refractivity contribution is 7.89. The molecule has 0 aliphatic carbocycles. The molecular formula is C23H25N3O5S. The second-order valence-electron chi connectivity index (χ2n) is 8.00. The van der Waals surface area contributed by atoms with E-state index in [1.807, 2.05) is 18.2 Å². The predicted octanol–water partition coefficient (Wildman–Crippen LogP) is 2.58. The Balaban J connectivity index is 1.21. The van der Waals surface area contributed by atoms with E-state index in [1.54, 1.807) is 11.0 Å². The summed E-state index contributed by atoms with van der Waals surface area (Å²) in [6.45, 7) is 2.20. The van der Waals surface area contributed by atoms with Crippen molar-refractivity contribution in [1.82, 2.24) is 14.6 Å². The van der Waals surface area contributed by atoms with Gasteiger partial charge in [0.15, 0.2) is 11.5 Å². The Hall–Kier alpha value is -3.04. The maximum Gasteiger partial charge on any atom is 0.240 e. The summed E-state index contributed by atoms with van der Waals surface area (Å²) < 4.78 is 39.1. The summed E-state index contributed by atoms with van der Waals surface area (Å²) in [6.07, 6.45) is 1.60. The molecule has 5 rings (SSSR count). The van der Waals surface area contributed by atoms with Gasteiger partial charge < -0.3 is 19.4 Å². The fourth-order valence-corrected chi connectivity index (χ4v) is 5.27. The SMILES string of the molecule is O=C(CCNS(=O)(=O)c1ccc2c(c1)OCCCO2)N1CCc2[nH]c3ccccc3c2C1. The molecule has 2 N–H and O–H groups in total. The number of ether oxygens (including phenoxy) is 2. The molecule has 1 amide bonds. The first-order valence-electron chi connectivity index (χ1n) is 10.8. The lowest BCUT2D eigenvalue weighted by atomic mass is 10.0. The maximum atomic E-state index is 12.8. The summed E-state index contributed by atoms with van der Waals surface area (Å²) >= 11 is 0. The summed E-state index contributed by atoms with van der Waals surface area (Å²) in [6, 6.07) is 12.6. The molecule has 2 aliphatic rings. The van der Waals surface area contributed by atoms with Crippen molar-refractivity contribution >= 4 is 26.8 Å². The Kier molecular flexibility index (Phi) is 5.52. The highest BCUT2D eigenvalue weighted by Crippen LogP contribution is 2.32. The molecule has 0 fully saturated rings. The highest BCUT2D eigenvalue weighted by Gasteiger charge is 2.24. The Morgan fingerprint density at radius 2 is 1.91 bits per heavy atom. The molecule has 3 aromatic rings. The summed E-state index contributed by atoms with van der Waals surface area (Å²) in [5.41, 5.74) is 3.40. The molecule has 0 saturated carbocycles. The van der Waals surface area contributed by atoms with Gasteiger partial charge in [0.2, 0.25) is 15.9 Å². The third-order valence-electron chi connectivity index (χ3n) is 5.90. The largest absolute Gasteiger partial charge is 0.490 e. The Morgan fingerprint density at radius 1 is 1.09 bits per heavy atom. The lowest BCUT2D eigenvalue weighted by Crippen LogP contribution is -2.37. The number of H-pyrrole nitrogens is 1. The van der Waals surface area contributed by atoms with Gasteiger partial charge in [-0.1, -0.05) is 18.2 Å². The number of sulfonamides is 1. The molecular weight excluding hydrogens is 430 g/mol. The quantitative estimate of drug-likeness (QED) is 0.616. The number of aromatic amines is 1. The molecule has 0 radical (unpaired) electrons. The Morgan fingerprint density at radius 3 is 2.78 bits per heavy atom. The van der Waals surface area contributed by atoms with Gasteiger partial charge in [-0.25, -0.2) is 13.1 Å². The van der Waals surface area contributed by atoms with Gasteiger partial charge in [-0.2, -0.15) is 0 Å². The predicted molar refractivity (Wildman–Crippen MR) is 119 cm³/mol. The van der Waals surface area contributed by atoms with Gasteiger partial charge in [-0.3, -0.25) is 4.79 Å². The Labute approximate surface area is 186 Å². The van der Waals surface area contributed by atoms with E-state index >= 15 is 0 Å². The molecule has 0 unspecified atom stereocenters. The Bertz CT molecular complexity index is 1270. The monoisotopic (exact) mass is 455 g/mol. The van der Waals surface area contributed by atoms with Crippen molar-refractivity contribution in [3.63, 3.8) is 0 Å². The molecule has 0 bridgehead atoms. The maximum absolute atomic E-state index is 12.8. The molecule has 2 aromatic carbocycles. The van der Waals surface area contributed by atoms with E-state index in [9.17, 15) is 13.2 Å². The van der Waals surface area contributed by atoms with Crippen LogP contribution in [0.5, 0.6) is 11.5 Å².